The maximum atomic E-state index is 12.6. The molecule has 2 amide bonds. The summed E-state index contributed by atoms with van der Waals surface area (Å²) < 4.78 is 1.63. The maximum Gasteiger partial charge on any atom is 0.272 e. The summed E-state index contributed by atoms with van der Waals surface area (Å²) >= 11 is 1.60. The van der Waals surface area contributed by atoms with E-state index in [9.17, 15) is 9.59 Å². The molecule has 2 aromatic heterocycles. The highest BCUT2D eigenvalue weighted by Gasteiger charge is 2.25. The molecular weight excluding hydrogens is 300 g/mol. The van der Waals surface area contributed by atoms with E-state index in [1.807, 2.05) is 23.6 Å². The lowest BCUT2D eigenvalue weighted by Crippen LogP contribution is -2.50. The molecule has 3 rings (SSSR count). The van der Waals surface area contributed by atoms with Crippen molar-refractivity contribution in [3.8, 4) is 10.6 Å². The van der Waals surface area contributed by atoms with Gasteiger partial charge < -0.3 is 9.80 Å². The average molecular weight is 318 g/mol. The Labute approximate surface area is 132 Å². The molecule has 7 heteroatoms. The summed E-state index contributed by atoms with van der Waals surface area (Å²) in [6.45, 7) is 3.88. The van der Waals surface area contributed by atoms with Gasteiger partial charge in [-0.3, -0.25) is 14.3 Å². The Hall–Kier alpha value is -2.15. The summed E-state index contributed by atoms with van der Waals surface area (Å²) in [4.78, 5) is 28.6. The molecule has 0 bridgehead atoms. The van der Waals surface area contributed by atoms with Crippen molar-refractivity contribution < 1.29 is 9.59 Å². The minimum absolute atomic E-state index is 0.0268. The highest BCUT2D eigenvalue weighted by molar-refractivity contribution is 7.13. The average Bonchev–Trinajstić information content (AvgIpc) is 3.16. The van der Waals surface area contributed by atoms with Crippen LogP contribution < -0.4 is 0 Å². The number of hydrogen-bond acceptors (Lipinski definition) is 4. The highest BCUT2D eigenvalue weighted by atomic mass is 32.1. The van der Waals surface area contributed by atoms with Crippen molar-refractivity contribution >= 4 is 23.2 Å². The van der Waals surface area contributed by atoms with Crippen molar-refractivity contribution in [2.45, 2.75) is 6.92 Å². The lowest BCUT2D eigenvalue weighted by Gasteiger charge is -2.34. The molecule has 0 unspecified atom stereocenters. The predicted octanol–water partition coefficient (Wildman–Crippen LogP) is 1.45. The van der Waals surface area contributed by atoms with E-state index < -0.39 is 0 Å². The third-order valence-electron chi connectivity index (χ3n) is 3.88. The second-order valence-corrected chi connectivity index (χ2v) is 6.26. The van der Waals surface area contributed by atoms with Crippen LogP contribution in [0, 0.1) is 0 Å². The molecule has 0 aliphatic carbocycles. The van der Waals surface area contributed by atoms with Gasteiger partial charge in [0.15, 0.2) is 0 Å². The normalized spacial score (nSPS) is 15.2. The van der Waals surface area contributed by atoms with Crippen LogP contribution in [0.2, 0.25) is 0 Å². The van der Waals surface area contributed by atoms with Gasteiger partial charge in [0.2, 0.25) is 5.91 Å². The quantitative estimate of drug-likeness (QED) is 0.842. The van der Waals surface area contributed by atoms with Gasteiger partial charge in [0.1, 0.15) is 11.4 Å². The van der Waals surface area contributed by atoms with Gasteiger partial charge in [-0.25, -0.2) is 0 Å². The van der Waals surface area contributed by atoms with E-state index in [0.29, 0.717) is 31.9 Å². The molecule has 1 saturated heterocycles. The summed E-state index contributed by atoms with van der Waals surface area (Å²) in [5, 5.41) is 6.42. The van der Waals surface area contributed by atoms with E-state index in [-0.39, 0.29) is 11.8 Å². The van der Waals surface area contributed by atoms with Gasteiger partial charge in [0, 0.05) is 40.2 Å². The SMILES string of the molecule is CC(=O)N1CCN(C(=O)c2cc(-c3cccs3)nn2C)CC1. The number of rotatable bonds is 2. The summed E-state index contributed by atoms with van der Waals surface area (Å²) in [7, 11) is 1.79. The van der Waals surface area contributed by atoms with Crippen molar-refractivity contribution in [1.29, 1.82) is 0 Å². The minimum atomic E-state index is -0.0268. The Balaban J connectivity index is 1.75. The third-order valence-corrected chi connectivity index (χ3v) is 4.78. The van der Waals surface area contributed by atoms with E-state index in [1.165, 1.54) is 0 Å². The van der Waals surface area contributed by atoms with Crippen LogP contribution in [0.25, 0.3) is 10.6 Å². The Morgan fingerprint density at radius 2 is 1.86 bits per heavy atom. The first kappa shape index (κ1) is 14.8. The number of nitrogens with zero attached hydrogens (tertiary/aromatic N) is 4. The molecule has 1 aliphatic heterocycles. The molecule has 2 aromatic rings. The largest absolute Gasteiger partial charge is 0.339 e. The second-order valence-electron chi connectivity index (χ2n) is 5.31. The lowest BCUT2D eigenvalue weighted by atomic mass is 10.2. The smallest absolute Gasteiger partial charge is 0.272 e. The number of aryl methyl sites for hydroxylation is 1. The first-order valence-corrected chi connectivity index (χ1v) is 8.07. The summed E-state index contributed by atoms with van der Waals surface area (Å²) in [6, 6.07) is 5.80. The molecule has 0 spiro atoms. The first-order valence-electron chi connectivity index (χ1n) is 7.19. The fraction of sp³-hybridized carbons (Fsp3) is 0.400. The van der Waals surface area contributed by atoms with Crippen LogP contribution in [0.3, 0.4) is 0 Å². The van der Waals surface area contributed by atoms with Gasteiger partial charge in [-0.2, -0.15) is 5.10 Å². The van der Waals surface area contributed by atoms with Crippen LogP contribution in [0.15, 0.2) is 23.6 Å². The number of amides is 2. The van der Waals surface area contributed by atoms with Crippen LogP contribution >= 0.6 is 11.3 Å². The van der Waals surface area contributed by atoms with Crippen LogP contribution in [-0.4, -0.2) is 57.6 Å². The summed E-state index contributed by atoms with van der Waals surface area (Å²) in [5.41, 5.74) is 1.41. The summed E-state index contributed by atoms with van der Waals surface area (Å²) in [5.74, 6) is 0.0358. The zero-order valence-corrected chi connectivity index (χ0v) is 13.5. The van der Waals surface area contributed by atoms with Crippen LogP contribution in [0.4, 0.5) is 0 Å². The predicted molar refractivity (Wildman–Crippen MR) is 84.7 cm³/mol. The standard InChI is InChI=1S/C15H18N4O2S/c1-11(20)18-5-7-19(8-6-18)15(21)13-10-12(16-17(13)2)14-4-3-9-22-14/h3-4,9-10H,5-8H2,1-2H3. The van der Waals surface area contributed by atoms with Gasteiger partial charge in [-0.1, -0.05) is 6.07 Å². The van der Waals surface area contributed by atoms with Crippen LogP contribution in [0.1, 0.15) is 17.4 Å². The van der Waals surface area contributed by atoms with Gasteiger partial charge in [-0.15, -0.1) is 11.3 Å². The number of carbonyl (C=O) groups is 2. The molecule has 0 N–H and O–H groups in total. The topological polar surface area (TPSA) is 58.4 Å². The Morgan fingerprint density at radius 3 is 2.45 bits per heavy atom. The number of carbonyl (C=O) groups excluding carboxylic acids is 2. The molecule has 0 saturated carbocycles. The Bertz CT molecular complexity index is 684. The van der Waals surface area contributed by atoms with Gasteiger partial charge in [-0.05, 0) is 17.5 Å². The monoisotopic (exact) mass is 318 g/mol. The Morgan fingerprint density at radius 1 is 1.18 bits per heavy atom. The molecule has 22 heavy (non-hydrogen) atoms. The fourth-order valence-electron chi connectivity index (χ4n) is 2.60. The van der Waals surface area contributed by atoms with Gasteiger partial charge in [0.25, 0.3) is 5.91 Å². The molecule has 3 heterocycles. The van der Waals surface area contributed by atoms with Crippen LogP contribution in [-0.2, 0) is 11.8 Å². The minimum Gasteiger partial charge on any atom is -0.339 e. The lowest BCUT2D eigenvalue weighted by molar-refractivity contribution is -0.130. The van der Waals surface area contributed by atoms with E-state index in [1.54, 1.807) is 39.8 Å². The van der Waals surface area contributed by atoms with Gasteiger partial charge >= 0.3 is 0 Å². The third kappa shape index (κ3) is 2.76. The van der Waals surface area contributed by atoms with E-state index >= 15 is 0 Å². The second kappa shape index (κ2) is 5.92. The zero-order valence-electron chi connectivity index (χ0n) is 12.7. The van der Waals surface area contributed by atoms with E-state index in [4.69, 9.17) is 0 Å². The summed E-state index contributed by atoms with van der Waals surface area (Å²) in [6.07, 6.45) is 0. The number of hydrogen-bond donors (Lipinski definition) is 0. The number of piperazine rings is 1. The molecular formula is C15H18N4O2S. The van der Waals surface area contributed by atoms with E-state index in [2.05, 4.69) is 5.10 Å². The molecule has 6 nitrogen and oxygen atoms in total. The molecule has 1 fully saturated rings. The van der Waals surface area contributed by atoms with Gasteiger partial charge in [0.05, 0.1) is 4.88 Å². The fourth-order valence-corrected chi connectivity index (χ4v) is 3.28. The molecule has 1 aliphatic rings. The van der Waals surface area contributed by atoms with E-state index in [0.717, 1.165) is 10.6 Å². The molecule has 0 atom stereocenters. The molecule has 0 radical (unpaired) electrons. The van der Waals surface area contributed by atoms with Crippen molar-refractivity contribution in [2.75, 3.05) is 26.2 Å². The van der Waals surface area contributed by atoms with Crippen molar-refractivity contribution in [2.24, 2.45) is 7.05 Å². The highest BCUT2D eigenvalue weighted by Crippen LogP contribution is 2.24. The van der Waals surface area contributed by atoms with Crippen LogP contribution in [0.5, 0.6) is 0 Å². The van der Waals surface area contributed by atoms with Crippen molar-refractivity contribution in [3.05, 3.63) is 29.3 Å². The Kier molecular flexibility index (Phi) is 3.98. The van der Waals surface area contributed by atoms with Crippen molar-refractivity contribution in [3.63, 3.8) is 0 Å². The molecule has 0 aromatic carbocycles. The maximum absolute atomic E-state index is 12.6. The molecule has 116 valence electrons. The number of aromatic nitrogens is 2. The number of thiophene rings is 1. The zero-order chi connectivity index (χ0) is 15.7. The first-order chi connectivity index (χ1) is 10.6. The van der Waals surface area contributed by atoms with Crippen molar-refractivity contribution in [1.82, 2.24) is 19.6 Å².